The molecule has 0 aromatic heterocycles. The van der Waals surface area contributed by atoms with Crippen LogP contribution in [-0.4, -0.2) is 54.1 Å². The molecule has 0 spiro atoms. The van der Waals surface area contributed by atoms with Gasteiger partial charge in [-0.25, -0.2) is 0 Å². The highest BCUT2D eigenvalue weighted by Crippen LogP contribution is 2.34. The van der Waals surface area contributed by atoms with E-state index in [4.69, 9.17) is 9.47 Å². The van der Waals surface area contributed by atoms with Crippen LogP contribution < -0.4 is 9.47 Å². The first-order valence-electron chi connectivity index (χ1n) is 12.2. The first-order valence-corrected chi connectivity index (χ1v) is 12.2. The molecular formula is C27H32N2O4. The lowest BCUT2D eigenvalue weighted by atomic mass is 9.83. The molecule has 5 rings (SSSR count). The van der Waals surface area contributed by atoms with Gasteiger partial charge in [0.25, 0.3) is 0 Å². The van der Waals surface area contributed by atoms with Crippen LogP contribution >= 0.6 is 0 Å². The van der Waals surface area contributed by atoms with E-state index in [0.717, 1.165) is 68.8 Å². The first kappa shape index (κ1) is 21.8. The van der Waals surface area contributed by atoms with Crippen LogP contribution in [0.3, 0.4) is 0 Å². The summed E-state index contributed by atoms with van der Waals surface area (Å²) in [5.74, 6) is 2.27. The number of benzene rings is 2. The minimum Gasteiger partial charge on any atom is -0.454 e. The summed E-state index contributed by atoms with van der Waals surface area (Å²) >= 11 is 0. The lowest BCUT2D eigenvalue weighted by molar-refractivity contribution is -0.141. The van der Waals surface area contributed by atoms with Gasteiger partial charge < -0.3 is 19.3 Å². The minimum absolute atomic E-state index is 0.172. The fourth-order valence-electron chi connectivity index (χ4n) is 5.51. The van der Waals surface area contributed by atoms with Gasteiger partial charge in [0, 0.05) is 32.1 Å². The number of carbonyl (C=O) groups excluding carboxylic acids is 2. The molecule has 6 heteroatoms. The lowest BCUT2D eigenvalue weighted by Crippen LogP contribution is -2.56. The van der Waals surface area contributed by atoms with Crippen molar-refractivity contribution in [2.24, 2.45) is 5.92 Å². The molecule has 2 saturated heterocycles. The number of nitrogens with zero attached hydrogens (tertiary/aromatic N) is 2. The van der Waals surface area contributed by atoms with Gasteiger partial charge in [-0.2, -0.15) is 0 Å². The molecule has 2 fully saturated rings. The third-order valence-electron chi connectivity index (χ3n) is 7.23. The Morgan fingerprint density at radius 3 is 2.64 bits per heavy atom. The number of hydrogen-bond donors (Lipinski definition) is 0. The van der Waals surface area contributed by atoms with Crippen molar-refractivity contribution in [3.8, 4) is 11.5 Å². The number of amides is 2. The number of piperidine rings is 2. The van der Waals surface area contributed by atoms with Crippen molar-refractivity contribution < 1.29 is 19.1 Å². The molecule has 33 heavy (non-hydrogen) atoms. The Labute approximate surface area is 195 Å². The predicted octanol–water partition coefficient (Wildman–Crippen LogP) is 3.82. The maximum absolute atomic E-state index is 13.2. The SMILES string of the molecule is O=C(CCCc1ccccc1)N1CC[C@H]2[C@H](CCCN2C(=O)Cc2ccc3c(c2)OCO3)C1. The Hall–Kier alpha value is -3.02. The monoisotopic (exact) mass is 448 g/mol. The van der Waals surface area contributed by atoms with Crippen LogP contribution in [0.4, 0.5) is 0 Å². The summed E-state index contributed by atoms with van der Waals surface area (Å²) in [6.45, 7) is 2.58. The highest BCUT2D eigenvalue weighted by molar-refractivity contribution is 5.80. The third kappa shape index (κ3) is 5.00. The number of ether oxygens (including phenoxy) is 2. The van der Waals surface area contributed by atoms with Crippen LogP contribution in [0, 0.1) is 5.92 Å². The fraction of sp³-hybridized carbons (Fsp3) is 0.481. The largest absolute Gasteiger partial charge is 0.454 e. The lowest BCUT2D eigenvalue weighted by Gasteiger charge is -2.47. The minimum atomic E-state index is 0.172. The van der Waals surface area contributed by atoms with Crippen molar-refractivity contribution in [1.82, 2.24) is 9.80 Å². The molecule has 2 aromatic rings. The summed E-state index contributed by atoms with van der Waals surface area (Å²) in [6, 6.07) is 16.3. The molecule has 2 amide bonds. The Bertz CT molecular complexity index is 993. The van der Waals surface area contributed by atoms with E-state index in [1.807, 2.05) is 41.3 Å². The van der Waals surface area contributed by atoms with Crippen molar-refractivity contribution in [3.63, 3.8) is 0 Å². The number of likely N-dealkylation sites (tertiary alicyclic amines) is 2. The molecule has 3 aliphatic heterocycles. The second-order valence-corrected chi connectivity index (χ2v) is 9.39. The molecule has 0 N–H and O–H groups in total. The zero-order valence-corrected chi connectivity index (χ0v) is 19.1. The summed E-state index contributed by atoms with van der Waals surface area (Å²) in [7, 11) is 0. The smallest absolute Gasteiger partial charge is 0.231 e. The molecule has 3 aliphatic rings. The van der Waals surface area contributed by atoms with Gasteiger partial charge in [-0.05, 0) is 61.3 Å². The Morgan fingerprint density at radius 1 is 0.909 bits per heavy atom. The molecule has 2 atom stereocenters. The Kier molecular flexibility index (Phi) is 6.51. The zero-order chi connectivity index (χ0) is 22.6. The van der Waals surface area contributed by atoms with Crippen LogP contribution in [0.25, 0.3) is 0 Å². The quantitative estimate of drug-likeness (QED) is 0.674. The maximum Gasteiger partial charge on any atom is 0.231 e. The van der Waals surface area contributed by atoms with E-state index in [0.29, 0.717) is 18.8 Å². The van der Waals surface area contributed by atoms with Crippen molar-refractivity contribution in [2.75, 3.05) is 26.4 Å². The van der Waals surface area contributed by atoms with E-state index in [2.05, 4.69) is 17.0 Å². The molecule has 6 nitrogen and oxygen atoms in total. The molecule has 3 heterocycles. The van der Waals surface area contributed by atoms with E-state index in [1.54, 1.807) is 0 Å². The summed E-state index contributed by atoms with van der Waals surface area (Å²) in [6.07, 6.45) is 5.77. The van der Waals surface area contributed by atoms with Gasteiger partial charge >= 0.3 is 0 Å². The van der Waals surface area contributed by atoms with Gasteiger partial charge in [0.05, 0.1) is 6.42 Å². The highest BCUT2D eigenvalue weighted by Gasteiger charge is 2.39. The van der Waals surface area contributed by atoms with Gasteiger partial charge in [0.1, 0.15) is 0 Å². The molecule has 0 aliphatic carbocycles. The zero-order valence-electron chi connectivity index (χ0n) is 19.1. The Balaban J connectivity index is 1.14. The maximum atomic E-state index is 13.2. The van der Waals surface area contributed by atoms with E-state index in [9.17, 15) is 9.59 Å². The first-order chi connectivity index (χ1) is 16.2. The number of carbonyl (C=O) groups is 2. The summed E-state index contributed by atoms with van der Waals surface area (Å²) < 4.78 is 10.8. The molecule has 0 unspecified atom stereocenters. The molecule has 174 valence electrons. The number of hydrogen-bond acceptors (Lipinski definition) is 4. The fourth-order valence-corrected chi connectivity index (χ4v) is 5.51. The van der Waals surface area contributed by atoms with Crippen LogP contribution in [0.1, 0.15) is 43.2 Å². The average molecular weight is 449 g/mol. The molecule has 2 aromatic carbocycles. The van der Waals surface area contributed by atoms with Gasteiger partial charge in [-0.15, -0.1) is 0 Å². The van der Waals surface area contributed by atoms with Crippen LogP contribution in [-0.2, 0) is 22.4 Å². The van der Waals surface area contributed by atoms with Crippen LogP contribution in [0.2, 0.25) is 0 Å². The van der Waals surface area contributed by atoms with Crippen LogP contribution in [0.5, 0.6) is 11.5 Å². The van der Waals surface area contributed by atoms with Gasteiger partial charge in [0.15, 0.2) is 11.5 Å². The number of aryl methyl sites for hydroxylation is 1. The van der Waals surface area contributed by atoms with Gasteiger partial charge in [-0.3, -0.25) is 9.59 Å². The second kappa shape index (κ2) is 9.86. The highest BCUT2D eigenvalue weighted by atomic mass is 16.7. The van der Waals surface area contributed by atoms with Crippen molar-refractivity contribution in [1.29, 1.82) is 0 Å². The van der Waals surface area contributed by atoms with E-state index in [-0.39, 0.29) is 24.6 Å². The van der Waals surface area contributed by atoms with Crippen molar-refractivity contribution in [3.05, 3.63) is 59.7 Å². The molecule has 0 saturated carbocycles. The summed E-state index contributed by atoms with van der Waals surface area (Å²) in [5, 5.41) is 0. The van der Waals surface area contributed by atoms with E-state index in [1.165, 1.54) is 5.56 Å². The second-order valence-electron chi connectivity index (χ2n) is 9.39. The molecule has 0 bridgehead atoms. The molecular weight excluding hydrogens is 416 g/mol. The number of fused-ring (bicyclic) bond motifs is 2. The van der Waals surface area contributed by atoms with E-state index < -0.39 is 0 Å². The van der Waals surface area contributed by atoms with E-state index >= 15 is 0 Å². The number of rotatable bonds is 6. The normalized spacial score (nSPS) is 21.6. The molecule has 0 radical (unpaired) electrons. The van der Waals surface area contributed by atoms with Gasteiger partial charge in [-0.1, -0.05) is 36.4 Å². The third-order valence-corrected chi connectivity index (χ3v) is 7.23. The topological polar surface area (TPSA) is 59.1 Å². The van der Waals surface area contributed by atoms with Crippen molar-refractivity contribution >= 4 is 11.8 Å². The predicted molar refractivity (Wildman–Crippen MR) is 125 cm³/mol. The average Bonchev–Trinajstić information content (AvgIpc) is 3.32. The van der Waals surface area contributed by atoms with Crippen LogP contribution in [0.15, 0.2) is 48.5 Å². The van der Waals surface area contributed by atoms with Crippen molar-refractivity contribution in [2.45, 2.75) is 51.0 Å². The standard InChI is InChI=1S/C27H32N2O4/c30-26(10-4-8-20-6-2-1-3-7-20)28-15-13-23-22(18-28)9-5-14-29(23)27(31)17-21-11-12-24-25(16-21)33-19-32-24/h1-3,6-7,11-12,16,22-23H,4-5,8-10,13-15,17-19H2/t22-,23+/m1/s1. The van der Waals surface area contributed by atoms with Gasteiger partial charge in [0.2, 0.25) is 18.6 Å². The Morgan fingerprint density at radius 2 is 1.76 bits per heavy atom. The summed E-state index contributed by atoms with van der Waals surface area (Å²) in [4.78, 5) is 30.1. The summed E-state index contributed by atoms with van der Waals surface area (Å²) in [5.41, 5.74) is 2.24.